The third kappa shape index (κ3) is 4.08. The molecular weight excluding hydrogens is 362 g/mol. The summed E-state index contributed by atoms with van der Waals surface area (Å²) in [6.45, 7) is 0.237. The highest BCUT2D eigenvalue weighted by atomic mass is 16.6. The quantitative estimate of drug-likeness (QED) is 0.663. The maximum atomic E-state index is 12.3. The Kier molecular flexibility index (Phi) is 5.45. The van der Waals surface area contributed by atoms with Crippen LogP contribution in [-0.4, -0.2) is 18.2 Å². The summed E-state index contributed by atoms with van der Waals surface area (Å²) in [7, 11) is 1.69. The van der Waals surface area contributed by atoms with E-state index in [1.807, 2.05) is 91.0 Å². The van der Waals surface area contributed by atoms with Crippen LogP contribution >= 0.6 is 0 Å². The van der Waals surface area contributed by atoms with Gasteiger partial charge >= 0.3 is 6.09 Å². The number of aliphatic hydroxyl groups excluding tert-OH is 1. The van der Waals surface area contributed by atoms with Crippen LogP contribution < -0.4 is 4.90 Å². The topological polar surface area (TPSA) is 49.8 Å². The van der Waals surface area contributed by atoms with Crippen molar-refractivity contribution in [3.05, 3.63) is 107 Å². The third-order valence-corrected chi connectivity index (χ3v) is 5.28. The van der Waals surface area contributed by atoms with Gasteiger partial charge in [-0.15, -0.1) is 0 Å². The van der Waals surface area contributed by atoms with Crippen molar-refractivity contribution >= 4 is 17.9 Å². The van der Waals surface area contributed by atoms with Gasteiger partial charge in [0, 0.05) is 18.7 Å². The Labute approximate surface area is 170 Å². The Bertz CT molecular complexity index is 1010. The Balaban J connectivity index is 1.43. The first-order valence-electron chi connectivity index (χ1n) is 9.63. The molecule has 29 heavy (non-hydrogen) atoms. The molecule has 0 aromatic heterocycles. The molecule has 0 bridgehead atoms. The summed E-state index contributed by atoms with van der Waals surface area (Å²) < 4.78 is 5.38. The van der Waals surface area contributed by atoms with Gasteiger partial charge in [-0.25, -0.2) is 4.79 Å². The number of aliphatic hydroxyl groups is 1. The number of carbonyl (C=O) groups excluding carboxylic acids is 1. The molecule has 0 unspecified atom stereocenters. The Morgan fingerprint density at radius 3 is 2.41 bits per heavy atom. The van der Waals surface area contributed by atoms with Gasteiger partial charge in [0.1, 0.15) is 6.61 Å². The molecule has 3 aromatic carbocycles. The summed E-state index contributed by atoms with van der Waals surface area (Å²) in [6, 6.07) is 25.1. The van der Waals surface area contributed by atoms with Crippen molar-refractivity contribution in [2.75, 3.05) is 11.9 Å². The molecule has 0 heterocycles. The molecule has 4 nitrogen and oxygen atoms in total. The number of hydrogen-bond acceptors (Lipinski definition) is 3. The van der Waals surface area contributed by atoms with Crippen LogP contribution in [0.2, 0.25) is 0 Å². The minimum Gasteiger partial charge on any atom is -0.444 e. The minimum absolute atomic E-state index is 0.116. The SMILES string of the molecule is CN(C(=O)OCc1ccccc1)c1ccc([C@H]2C=Cc3ccccc3[C@H]2O)cc1. The van der Waals surface area contributed by atoms with E-state index in [1.54, 1.807) is 7.05 Å². The number of ether oxygens (including phenoxy) is 1. The highest BCUT2D eigenvalue weighted by molar-refractivity contribution is 5.87. The summed E-state index contributed by atoms with van der Waals surface area (Å²) in [5.74, 6) is -0.116. The van der Waals surface area contributed by atoms with Gasteiger partial charge in [-0.2, -0.15) is 0 Å². The molecule has 146 valence electrons. The Morgan fingerprint density at radius 1 is 0.966 bits per heavy atom. The number of nitrogens with zero attached hydrogens (tertiary/aromatic N) is 1. The van der Waals surface area contributed by atoms with Crippen LogP contribution in [0.25, 0.3) is 6.08 Å². The predicted octanol–water partition coefficient (Wildman–Crippen LogP) is 5.30. The zero-order chi connectivity index (χ0) is 20.2. The van der Waals surface area contributed by atoms with Crippen LogP contribution in [0.5, 0.6) is 0 Å². The van der Waals surface area contributed by atoms with Crippen LogP contribution in [-0.2, 0) is 11.3 Å². The fraction of sp³-hybridized carbons (Fsp3) is 0.160. The smallest absolute Gasteiger partial charge is 0.414 e. The lowest BCUT2D eigenvalue weighted by atomic mass is 9.83. The molecule has 0 saturated carbocycles. The number of amides is 1. The van der Waals surface area contributed by atoms with Crippen LogP contribution in [0.15, 0.2) is 84.9 Å². The summed E-state index contributed by atoms with van der Waals surface area (Å²) in [4.78, 5) is 13.8. The molecule has 4 heteroatoms. The molecule has 0 spiro atoms. The summed E-state index contributed by atoms with van der Waals surface area (Å²) in [6.07, 6.45) is 3.08. The normalized spacial score (nSPS) is 17.4. The lowest BCUT2D eigenvalue weighted by Crippen LogP contribution is -2.27. The van der Waals surface area contributed by atoms with E-state index in [9.17, 15) is 9.90 Å². The van der Waals surface area contributed by atoms with Crippen molar-refractivity contribution < 1.29 is 14.6 Å². The van der Waals surface area contributed by atoms with Gasteiger partial charge in [-0.3, -0.25) is 4.90 Å². The van der Waals surface area contributed by atoms with Crippen LogP contribution in [0.3, 0.4) is 0 Å². The van der Waals surface area contributed by atoms with Crippen LogP contribution in [0.1, 0.15) is 34.3 Å². The molecule has 1 amide bonds. The molecule has 3 aromatic rings. The number of anilines is 1. The predicted molar refractivity (Wildman–Crippen MR) is 115 cm³/mol. The zero-order valence-corrected chi connectivity index (χ0v) is 16.2. The van der Waals surface area contributed by atoms with Gasteiger partial charge in [0.05, 0.1) is 6.10 Å². The Morgan fingerprint density at radius 2 is 1.66 bits per heavy atom. The van der Waals surface area contributed by atoms with Crippen LogP contribution in [0.4, 0.5) is 10.5 Å². The van der Waals surface area contributed by atoms with Crippen molar-refractivity contribution in [3.8, 4) is 0 Å². The second kappa shape index (κ2) is 8.33. The molecule has 1 aliphatic carbocycles. The lowest BCUT2D eigenvalue weighted by molar-refractivity contribution is 0.148. The van der Waals surface area contributed by atoms with Crippen molar-refractivity contribution in [1.82, 2.24) is 0 Å². The first-order valence-corrected chi connectivity index (χ1v) is 9.63. The average Bonchev–Trinajstić information content (AvgIpc) is 2.78. The second-order valence-corrected chi connectivity index (χ2v) is 7.15. The van der Waals surface area contributed by atoms with E-state index in [0.717, 1.165) is 27.9 Å². The summed E-state index contributed by atoms with van der Waals surface area (Å²) >= 11 is 0. The summed E-state index contributed by atoms with van der Waals surface area (Å²) in [5.41, 5.74) is 4.67. The van der Waals surface area contributed by atoms with E-state index < -0.39 is 12.2 Å². The molecule has 0 radical (unpaired) electrons. The van der Waals surface area contributed by atoms with E-state index in [1.165, 1.54) is 4.90 Å². The maximum Gasteiger partial charge on any atom is 0.414 e. The van der Waals surface area contributed by atoms with E-state index in [4.69, 9.17) is 4.74 Å². The fourth-order valence-electron chi connectivity index (χ4n) is 3.57. The fourth-order valence-corrected chi connectivity index (χ4v) is 3.57. The molecule has 0 fully saturated rings. The van der Waals surface area contributed by atoms with Gasteiger partial charge < -0.3 is 9.84 Å². The van der Waals surface area contributed by atoms with Crippen molar-refractivity contribution in [2.45, 2.75) is 18.6 Å². The highest BCUT2D eigenvalue weighted by Gasteiger charge is 2.25. The molecule has 2 atom stereocenters. The van der Waals surface area contributed by atoms with Gasteiger partial charge in [0.15, 0.2) is 0 Å². The molecule has 0 aliphatic heterocycles. The van der Waals surface area contributed by atoms with Crippen LogP contribution in [0, 0.1) is 0 Å². The number of fused-ring (bicyclic) bond motifs is 1. The molecule has 4 rings (SSSR count). The van der Waals surface area contributed by atoms with Gasteiger partial charge in [0.2, 0.25) is 0 Å². The van der Waals surface area contributed by atoms with Gasteiger partial charge in [0.25, 0.3) is 0 Å². The third-order valence-electron chi connectivity index (χ3n) is 5.28. The highest BCUT2D eigenvalue weighted by Crippen LogP contribution is 2.38. The maximum absolute atomic E-state index is 12.3. The lowest BCUT2D eigenvalue weighted by Gasteiger charge is -2.26. The van der Waals surface area contributed by atoms with Crippen molar-refractivity contribution in [2.24, 2.45) is 0 Å². The second-order valence-electron chi connectivity index (χ2n) is 7.15. The van der Waals surface area contributed by atoms with Crippen molar-refractivity contribution in [3.63, 3.8) is 0 Å². The first-order chi connectivity index (χ1) is 14.1. The van der Waals surface area contributed by atoms with E-state index in [0.29, 0.717) is 0 Å². The number of rotatable bonds is 4. The first kappa shape index (κ1) is 19.0. The number of benzene rings is 3. The molecule has 0 saturated heterocycles. The minimum atomic E-state index is -0.587. The Hall–Kier alpha value is -3.37. The number of hydrogen-bond donors (Lipinski definition) is 1. The monoisotopic (exact) mass is 385 g/mol. The van der Waals surface area contributed by atoms with E-state index >= 15 is 0 Å². The van der Waals surface area contributed by atoms with Gasteiger partial charge in [-0.1, -0.05) is 78.9 Å². The standard InChI is InChI=1S/C25H23NO3/c1-26(25(28)29-17-18-7-3-2-4-8-18)21-14-11-20(12-15-21)23-16-13-19-9-5-6-10-22(19)24(23)27/h2-16,23-24,27H,17H2,1H3/t23-,24-/m1/s1. The van der Waals surface area contributed by atoms with E-state index in [-0.39, 0.29) is 12.5 Å². The van der Waals surface area contributed by atoms with Crippen molar-refractivity contribution in [1.29, 1.82) is 0 Å². The molecule has 1 aliphatic rings. The molecular formula is C25H23NO3. The zero-order valence-electron chi connectivity index (χ0n) is 16.2. The molecule has 1 N–H and O–H groups in total. The largest absolute Gasteiger partial charge is 0.444 e. The average molecular weight is 385 g/mol. The summed E-state index contributed by atoms with van der Waals surface area (Å²) in [5, 5.41) is 10.8. The number of carbonyl (C=O) groups is 1. The van der Waals surface area contributed by atoms with E-state index in [2.05, 4.69) is 0 Å². The van der Waals surface area contributed by atoms with Gasteiger partial charge in [-0.05, 0) is 34.4 Å².